The average molecular weight is 301 g/mol. The summed E-state index contributed by atoms with van der Waals surface area (Å²) in [6, 6.07) is 9.66. The molecule has 0 heterocycles. The van der Waals surface area contributed by atoms with Crippen LogP contribution in [0.2, 0.25) is 5.32 Å². The standard InChI is InChI=1S/C11H14N2OSSe/c1-13(2)11(15)16-8-10(12-14)9-6-4-3-5-7-9/h3-7,14H,8H2,1-2H3/b12-10-. The molecule has 0 aliphatic carbocycles. The van der Waals surface area contributed by atoms with Gasteiger partial charge in [0, 0.05) is 0 Å². The van der Waals surface area contributed by atoms with Gasteiger partial charge in [0.05, 0.1) is 0 Å². The van der Waals surface area contributed by atoms with Gasteiger partial charge in [0.2, 0.25) is 0 Å². The van der Waals surface area contributed by atoms with E-state index in [-0.39, 0.29) is 15.0 Å². The van der Waals surface area contributed by atoms with Gasteiger partial charge in [0.1, 0.15) is 0 Å². The van der Waals surface area contributed by atoms with Crippen molar-refractivity contribution in [3.63, 3.8) is 0 Å². The van der Waals surface area contributed by atoms with Gasteiger partial charge in [-0.05, 0) is 0 Å². The third-order valence-electron chi connectivity index (χ3n) is 1.93. The Morgan fingerprint density at radius 2 is 2.00 bits per heavy atom. The molecule has 16 heavy (non-hydrogen) atoms. The molecule has 0 radical (unpaired) electrons. The Bertz CT molecular complexity index is 379. The molecule has 0 spiro atoms. The van der Waals surface area contributed by atoms with E-state index in [4.69, 9.17) is 17.4 Å². The maximum atomic E-state index is 8.97. The Hall–Kier alpha value is -0.901. The first-order valence-electron chi connectivity index (χ1n) is 4.75. The zero-order valence-electron chi connectivity index (χ0n) is 9.25. The van der Waals surface area contributed by atoms with Gasteiger partial charge >= 0.3 is 107 Å². The molecule has 0 bridgehead atoms. The maximum absolute atomic E-state index is 8.97. The third kappa shape index (κ3) is 3.93. The normalized spacial score (nSPS) is 11.2. The van der Waals surface area contributed by atoms with Crippen LogP contribution in [-0.4, -0.2) is 48.8 Å². The van der Waals surface area contributed by atoms with Crippen LogP contribution in [0.15, 0.2) is 35.5 Å². The van der Waals surface area contributed by atoms with Gasteiger partial charge in [0.25, 0.3) is 0 Å². The third-order valence-corrected chi connectivity index (χ3v) is 5.06. The van der Waals surface area contributed by atoms with Gasteiger partial charge in [0.15, 0.2) is 0 Å². The van der Waals surface area contributed by atoms with Crippen LogP contribution in [0.1, 0.15) is 5.56 Å². The van der Waals surface area contributed by atoms with E-state index in [0.717, 1.165) is 9.45 Å². The van der Waals surface area contributed by atoms with E-state index in [2.05, 4.69) is 5.16 Å². The van der Waals surface area contributed by atoms with E-state index in [0.29, 0.717) is 11.0 Å². The number of nitrogens with zero attached hydrogens (tertiary/aromatic N) is 2. The molecule has 3 nitrogen and oxygen atoms in total. The molecule has 0 aliphatic heterocycles. The molecule has 0 amide bonds. The molecule has 5 heteroatoms. The summed E-state index contributed by atoms with van der Waals surface area (Å²) in [5.41, 5.74) is 1.65. The molecule has 0 atom stereocenters. The first kappa shape index (κ1) is 13.2. The van der Waals surface area contributed by atoms with E-state index in [1.54, 1.807) is 0 Å². The SMILES string of the molecule is CN(C)C(=S)[Se]C/C(=N/O)c1ccccc1. The van der Waals surface area contributed by atoms with Crippen molar-refractivity contribution in [1.82, 2.24) is 4.90 Å². The number of oxime groups is 1. The van der Waals surface area contributed by atoms with Crippen molar-refractivity contribution in [1.29, 1.82) is 0 Å². The van der Waals surface area contributed by atoms with Crippen LogP contribution < -0.4 is 0 Å². The van der Waals surface area contributed by atoms with Crippen molar-refractivity contribution >= 4 is 36.8 Å². The summed E-state index contributed by atoms with van der Waals surface area (Å²) in [6.07, 6.45) is 0. The zero-order valence-corrected chi connectivity index (χ0v) is 11.8. The first-order chi connectivity index (χ1) is 7.65. The Labute approximate surface area is 107 Å². The van der Waals surface area contributed by atoms with Gasteiger partial charge < -0.3 is 0 Å². The monoisotopic (exact) mass is 302 g/mol. The summed E-state index contributed by atoms with van der Waals surface area (Å²) in [5.74, 6) is 0. The molecule has 0 saturated carbocycles. The number of rotatable bonds is 4. The topological polar surface area (TPSA) is 35.8 Å². The van der Waals surface area contributed by atoms with E-state index >= 15 is 0 Å². The van der Waals surface area contributed by atoms with E-state index in [9.17, 15) is 0 Å². The number of thiocarbonyl (C=S) groups is 1. The second kappa shape index (κ2) is 6.63. The van der Waals surface area contributed by atoms with E-state index in [1.807, 2.05) is 49.3 Å². The van der Waals surface area contributed by atoms with Gasteiger partial charge in [-0.25, -0.2) is 0 Å². The van der Waals surface area contributed by atoms with E-state index < -0.39 is 0 Å². The summed E-state index contributed by atoms with van der Waals surface area (Å²) in [5, 5.41) is 13.0. The van der Waals surface area contributed by atoms with Crippen molar-refractivity contribution in [3.8, 4) is 0 Å². The quantitative estimate of drug-likeness (QED) is 0.303. The van der Waals surface area contributed by atoms with Crippen molar-refractivity contribution in [2.75, 3.05) is 14.1 Å². The molecule has 0 unspecified atom stereocenters. The fourth-order valence-corrected chi connectivity index (χ4v) is 2.92. The van der Waals surface area contributed by atoms with Crippen LogP contribution in [0, 0.1) is 0 Å². The molecule has 1 rings (SSSR count). The molecule has 0 saturated heterocycles. The molecule has 86 valence electrons. The van der Waals surface area contributed by atoms with Crippen LogP contribution in [0.4, 0.5) is 0 Å². The number of hydrogen-bond acceptors (Lipinski definition) is 3. The Morgan fingerprint density at radius 1 is 1.38 bits per heavy atom. The predicted octanol–water partition coefficient (Wildman–Crippen LogP) is 1.83. The van der Waals surface area contributed by atoms with Crippen LogP contribution >= 0.6 is 12.2 Å². The second-order valence-corrected chi connectivity index (χ2v) is 6.35. The van der Waals surface area contributed by atoms with Crippen molar-refractivity contribution in [2.24, 2.45) is 5.16 Å². The van der Waals surface area contributed by atoms with Crippen LogP contribution in [0.3, 0.4) is 0 Å². The van der Waals surface area contributed by atoms with Crippen molar-refractivity contribution in [2.45, 2.75) is 5.32 Å². The predicted molar refractivity (Wildman–Crippen MR) is 71.6 cm³/mol. The summed E-state index contributed by atoms with van der Waals surface area (Å²) in [7, 11) is 3.87. The Morgan fingerprint density at radius 3 is 2.50 bits per heavy atom. The minimum atomic E-state index is 0.149. The average Bonchev–Trinajstić information content (AvgIpc) is 2.30. The molecule has 1 aromatic carbocycles. The van der Waals surface area contributed by atoms with Gasteiger partial charge in [-0.1, -0.05) is 0 Å². The van der Waals surface area contributed by atoms with Gasteiger partial charge in [-0.3, -0.25) is 0 Å². The van der Waals surface area contributed by atoms with Crippen LogP contribution in [-0.2, 0) is 0 Å². The minimum absolute atomic E-state index is 0.149. The molecule has 0 fully saturated rings. The summed E-state index contributed by atoms with van der Waals surface area (Å²) < 4.78 is 0.921. The summed E-state index contributed by atoms with van der Waals surface area (Å²) in [4.78, 5) is 1.93. The van der Waals surface area contributed by atoms with Gasteiger partial charge in [-0.2, -0.15) is 0 Å². The van der Waals surface area contributed by atoms with Crippen molar-refractivity contribution < 1.29 is 5.21 Å². The Kier molecular flexibility index (Phi) is 5.46. The van der Waals surface area contributed by atoms with Gasteiger partial charge in [-0.15, -0.1) is 0 Å². The zero-order chi connectivity index (χ0) is 12.0. The summed E-state index contributed by atoms with van der Waals surface area (Å²) >= 11 is 5.36. The Balaban J connectivity index is 2.62. The molecular weight excluding hydrogens is 287 g/mol. The second-order valence-electron chi connectivity index (χ2n) is 3.36. The molecular formula is C11H14N2OSSe. The molecule has 1 aromatic rings. The number of benzene rings is 1. The molecule has 0 aromatic heterocycles. The van der Waals surface area contributed by atoms with Crippen LogP contribution in [0.5, 0.6) is 0 Å². The fraction of sp³-hybridized carbons (Fsp3) is 0.273. The molecule has 1 N–H and O–H groups in total. The van der Waals surface area contributed by atoms with E-state index in [1.165, 1.54) is 0 Å². The number of hydrogen-bond donors (Lipinski definition) is 1. The molecule has 0 aliphatic rings. The van der Waals surface area contributed by atoms with Crippen molar-refractivity contribution in [3.05, 3.63) is 35.9 Å². The fourth-order valence-electron chi connectivity index (χ4n) is 1.06. The first-order valence-corrected chi connectivity index (χ1v) is 7.23. The summed E-state index contributed by atoms with van der Waals surface area (Å²) in [6.45, 7) is 0. The van der Waals surface area contributed by atoms with Crippen LogP contribution in [0.25, 0.3) is 0 Å².